The van der Waals surface area contributed by atoms with Gasteiger partial charge in [-0.3, -0.25) is 4.21 Å². The number of rotatable bonds is 8. The Kier molecular flexibility index (Phi) is 7.32. The van der Waals surface area contributed by atoms with Crippen LogP contribution in [-0.2, 0) is 10.8 Å². The Morgan fingerprint density at radius 1 is 1.32 bits per heavy atom. The Morgan fingerprint density at radius 2 is 2.05 bits per heavy atom. The lowest BCUT2D eigenvalue weighted by Gasteiger charge is -2.13. The van der Waals surface area contributed by atoms with E-state index in [4.69, 9.17) is 0 Å². The lowest BCUT2D eigenvalue weighted by molar-refractivity contribution is 0.509. The molecule has 0 fully saturated rings. The second-order valence-corrected chi connectivity index (χ2v) is 6.86. The van der Waals surface area contributed by atoms with Crippen LogP contribution in [-0.4, -0.2) is 22.5 Å². The van der Waals surface area contributed by atoms with Crippen LogP contribution in [0.15, 0.2) is 23.1 Å². The molecule has 0 aromatic heterocycles. The van der Waals surface area contributed by atoms with E-state index >= 15 is 0 Å². The maximum absolute atomic E-state index is 12.3. The standard InChI is InChI=1S/C16H27NOS/c1-5-10-17-15(4)7-6-11-19(18)16-9-8-13(2)12-14(16)3/h8-9,12,15,17H,5-7,10-11H2,1-4H3. The Hall–Kier alpha value is -0.670. The summed E-state index contributed by atoms with van der Waals surface area (Å²) in [6.45, 7) is 9.57. The molecule has 2 unspecified atom stereocenters. The number of aryl methyl sites for hydroxylation is 2. The predicted octanol–water partition coefficient (Wildman–Crippen LogP) is 3.58. The van der Waals surface area contributed by atoms with Crippen LogP contribution >= 0.6 is 0 Å². The van der Waals surface area contributed by atoms with Gasteiger partial charge < -0.3 is 5.32 Å². The zero-order chi connectivity index (χ0) is 14.3. The summed E-state index contributed by atoms with van der Waals surface area (Å²) in [5, 5.41) is 3.47. The SMILES string of the molecule is CCCNC(C)CCCS(=O)c1ccc(C)cc1C. The van der Waals surface area contributed by atoms with Gasteiger partial charge in [-0.05, 0) is 58.2 Å². The molecule has 0 spiro atoms. The van der Waals surface area contributed by atoms with Gasteiger partial charge in [0.1, 0.15) is 0 Å². The topological polar surface area (TPSA) is 29.1 Å². The molecule has 0 saturated carbocycles. The number of hydrogen-bond acceptors (Lipinski definition) is 2. The quantitative estimate of drug-likeness (QED) is 0.789. The lowest BCUT2D eigenvalue weighted by Crippen LogP contribution is -2.26. The smallest absolute Gasteiger partial charge is 0.0532 e. The molecule has 1 rings (SSSR count). The fraction of sp³-hybridized carbons (Fsp3) is 0.625. The summed E-state index contributed by atoms with van der Waals surface area (Å²) in [7, 11) is -0.853. The first-order valence-electron chi connectivity index (χ1n) is 7.23. The average Bonchev–Trinajstić information content (AvgIpc) is 2.36. The Bertz CT molecular complexity index is 417. The third-order valence-corrected chi connectivity index (χ3v) is 4.89. The summed E-state index contributed by atoms with van der Waals surface area (Å²) in [4.78, 5) is 1.000. The van der Waals surface area contributed by atoms with Crippen molar-refractivity contribution in [1.82, 2.24) is 5.32 Å². The van der Waals surface area contributed by atoms with E-state index in [1.807, 2.05) is 19.1 Å². The van der Waals surface area contributed by atoms with Gasteiger partial charge in [0, 0.05) is 16.7 Å². The van der Waals surface area contributed by atoms with Crippen molar-refractivity contribution in [2.75, 3.05) is 12.3 Å². The lowest BCUT2D eigenvalue weighted by atomic mass is 10.2. The minimum Gasteiger partial charge on any atom is -0.314 e. The van der Waals surface area contributed by atoms with Gasteiger partial charge >= 0.3 is 0 Å². The summed E-state index contributed by atoms with van der Waals surface area (Å²) in [6.07, 6.45) is 3.27. The molecule has 0 aliphatic heterocycles. The normalized spacial score (nSPS) is 14.3. The van der Waals surface area contributed by atoms with Crippen LogP contribution < -0.4 is 5.32 Å². The van der Waals surface area contributed by atoms with Crippen molar-refractivity contribution in [3.8, 4) is 0 Å². The fourth-order valence-corrected chi connectivity index (χ4v) is 3.46. The van der Waals surface area contributed by atoms with Crippen molar-refractivity contribution in [3.05, 3.63) is 29.3 Å². The Morgan fingerprint density at radius 3 is 2.68 bits per heavy atom. The molecule has 0 saturated heterocycles. The van der Waals surface area contributed by atoms with Gasteiger partial charge in [-0.1, -0.05) is 24.6 Å². The highest BCUT2D eigenvalue weighted by Crippen LogP contribution is 2.16. The molecule has 2 atom stereocenters. The molecule has 0 radical (unpaired) electrons. The molecule has 1 N–H and O–H groups in total. The zero-order valence-electron chi connectivity index (χ0n) is 12.7. The third kappa shape index (κ3) is 5.87. The van der Waals surface area contributed by atoms with Crippen LogP contribution in [0.25, 0.3) is 0 Å². The van der Waals surface area contributed by atoms with Crippen molar-refractivity contribution in [3.63, 3.8) is 0 Å². The maximum Gasteiger partial charge on any atom is 0.0532 e. The van der Waals surface area contributed by atoms with Gasteiger partial charge in [-0.25, -0.2) is 0 Å². The molecule has 1 aromatic rings. The molecule has 3 heteroatoms. The molecule has 0 aliphatic rings. The average molecular weight is 281 g/mol. The summed E-state index contributed by atoms with van der Waals surface area (Å²) in [5.74, 6) is 0.766. The van der Waals surface area contributed by atoms with Crippen molar-refractivity contribution < 1.29 is 4.21 Å². The van der Waals surface area contributed by atoms with E-state index in [2.05, 4.69) is 32.2 Å². The Balaban J connectivity index is 2.39. The van der Waals surface area contributed by atoms with E-state index in [1.165, 1.54) is 12.0 Å². The van der Waals surface area contributed by atoms with Crippen LogP contribution in [0.5, 0.6) is 0 Å². The summed E-state index contributed by atoms with van der Waals surface area (Å²) < 4.78 is 12.3. The first-order valence-corrected chi connectivity index (χ1v) is 8.55. The summed E-state index contributed by atoms with van der Waals surface area (Å²) >= 11 is 0. The van der Waals surface area contributed by atoms with Crippen molar-refractivity contribution in [2.24, 2.45) is 0 Å². The minimum absolute atomic E-state index is 0.524. The van der Waals surface area contributed by atoms with Gasteiger partial charge in [-0.15, -0.1) is 0 Å². The third-order valence-electron chi connectivity index (χ3n) is 3.29. The number of nitrogens with one attached hydrogen (secondary N) is 1. The number of benzene rings is 1. The largest absolute Gasteiger partial charge is 0.314 e. The fourth-order valence-electron chi connectivity index (χ4n) is 2.18. The highest BCUT2D eigenvalue weighted by molar-refractivity contribution is 7.85. The molecule has 0 aliphatic carbocycles. The van der Waals surface area contributed by atoms with E-state index in [1.54, 1.807) is 0 Å². The molecule has 0 amide bonds. The van der Waals surface area contributed by atoms with E-state index in [0.717, 1.165) is 35.6 Å². The Labute approximate surface area is 120 Å². The first kappa shape index (κ1) is 16.4. The van der Waals surface area contributed by atoms with Gasteiger partial charge in [-0.2, -0.15) is 0 Å². The molecular weight excluding hydrogens is 254 g/mol. The van der Waals surface area contributed by atoms with E-state index in [9.17, 15) is 4.21 Å². The van der Waals surface area contributed by atoms with Gasteiger partial charge in [0.05, 0.1) is 10.8 Å². The van der Waals surface area contributed by atoms with Crippen LogP contribution in [0.4, 0.5) is 0 Å². The molecule has 1 aromatic carbocycles. The van der Waals surface area contributed by atoms with E-state index in [-0.39, 0.29) is 0 Å². The van der Waals surface area contributed by atoms with E-state index in [0.29, 0.717) is 6.04 Å². The summed E-state index contributed by atoms with van der Waals surface area (Å²) in [6, 6.07) is 6.69. The molecule has 0 heterocycles. The first-order chi connectivity index (χ1) is 9.04. The highest BCUT2D eigenvalue weighted by Gasteiger charge is 2.08. The monoisotopic (exact) mass is 281 g/mol. The predicted molar refractivity (Wildman–Crippen MR) is 84.2 cm³/mol. The molecular formula is C16H27NOS. The van der Waals surface area contributed by atoms with Crippen LogP contribution in [0, 0.1) is 13.8 Å². The van der Waals surface area contributed by atoms with Gasteiger partial charge in [0.25, 0.3) is 0 Å². The molecule has 2 nitrogen and oxygen atoms in total. The molecule has 19 heavy (non-hydrogen) atoms. The van der Waals surface area contributed by atoms with Gasteiger partial charge in [0.15, 0.2) is 0 Å². The highest BCUT2D eigenvalue weighted by atomic mass is 32.2. The van der Waals surface area contributed by atoms with Crippen LogP contribution in [0.1, 0.15) is 44.2 Å². The van der Waals surface area contributed by atoms with Crippen molar-refractivity contribution in [1.29, 1.82) is 0 Å². The van der Waals surface area contributed by atoms with Crippen molar-refractivity contribution >= 4 is 10.8 Å². The van der Waals surface area contributed by atoms with E-state index < -0.39 is 10.8 Å². The second-order valence-electron chi connectivity index (χ2n) is 5.32. The molecule has 0 bridgehead atoms. The van der Waals surface area contributed by atoms with Crippen LogP contribution in [0.3, 0.4) is 0 Å². The minimum atomic E-state index is -0.853. The molecule has 108 valence electrons. The van der Waals surface area contributed by atoms with Gasteiger partial charge in [0.2, 0.25) is 0 Å². The number of hydrogen-bond donors (Lipinski definition) is 1. The summed E-state index contributed by atoms with van der Waals surface area (Å²) in [5.41, 5.74) is 2.38. The second kappa shape index (κ2) is 8.49. The van der Waals surface area contributed by atoms with Crippen LogP contribution in [0.2, 0.25) is 0 Å². The maximum atomic E-state index is 12.3. The zero-order valence-corrected chi connectivity index (χ0v) is 13.5. The van der Waals surface area contributed by atoms with Crippen molar-refractivity contribution in [2.45, 2.75) is 57.9 Å².